The van der Waals surface area contributed by atoms with Crippen LogP contribution < -0.4 is 10.5 Å². The summed E-state index contributed by atoms with van der Waals surface area (Å²) in [5.41, 5.74) is 9.21. The van der Waals surface area contributed by atoms with Crippen molar-refractivity contribution in [3.05, 3.63) is 77.2 Å². The first-order chi connectivity index (χ1) is 17.6. The monoisotopic (exact) mass is 524 g/mol. The van der Waals surface area contributed by atoms with Crippen LogP contribution in [0.15, 0.2) is 65.7 Å². The first-order valence-electron chi connectivity index (χ1n) is 11.6. The molecule has 5 rings (SSSR count). The van der Waals surface area contributed by atoms with Crippen LogP contribution in [-0.2, 0) is 4.74 Å². The summed E-state index contributed by atoms with van der Waals surface area (Å²) in [6, 6.07) is 17.7. The minimum atomic E-state index is -0.0720. The number of aromatic amines is 1. The number of nitrogens with one attached hydrogen (secondary N) is 1. The summed E-state index contributed by atoms with van der Waals surface area (Å²) in [6.07, 6.45) is 2.60. The van der Waals surface area contributed by atoms with E-state index in [4.69, 9.17) is 21.1 Å². The standard InChI is InChI=1S/C26H24ClN3O3S.CH5N/c1-17-12-19(8-9-28-17)18-2-5-21(6-3-18)33-16-22-14-30(10-11-32-22)34-26-23-13-20(27)4-7-24(23)29-25(26)15-31;1-2/h2-9,12-13,15,22,29H,10-11,14,16H2,1H3;2H2,1H3. The number of aryl methyl sites for hydroxylation is 1. The molecule has 188 valence electrons. The summed E-state index contributed by atoms with van der Waals surface area (Å²) < 4.78 is 14.2. The van der Waals surface area contributed by atoms with Crippen LogP contribution in [0, 0.1) is 6.92 Å². The molecule has 1 unspecified atom stereocenters. The van der Waals surface area contributed by atoms with Gasteiger partial charge in [-0.25, -0.2) is 4.31 Å². The lowest BCUT2D eigenvalue weighted by Crippen LogP contribution is -2.41. The number of nitrogens with zero attached hydrogens (tertiary/aromatic N) is 2. The second kappa shape index (κ2) is 12.4. The number of nitrogens with two attached hydrogens (primary N) is 1. The third-order valence-corrected chi connectivity index (χ3v) is 7.15. The Morgan fingerprint density at radius 2 is 2.00 bits per heavy atom. The van der Waals surface area contributed by atoms with Crippen LogP contribution >= 0.6 is 23.5 Å². The molecule has 0 aliphatic carbocycles. The number of pyridine rings is 1. The summed E-state index contributed by atoms with van der Waals surface area (Å²) in [5.74, 6) is 0.803. The number of fused-ring (bicyclic) bond motifs is 1. The van der Waals surface area contributed by atoms with Crippen molar-refractivity contribution in [2.75, 3.05) is 33.4 Å². The van der Waals surface area contributed by atoms with Gasteiger partial charge in [0.2, 0.25) is 0 Å². The zero-order valence-electron chi connectivity index (χ0n) is 20.2. The molecule has 0 bridgehead atoms. The zero-order valence-corrected chi connectivity index (χ0v) is 21.8. The molecule has 0 amide bonds. The van der Waals surface area contributed by atoms with E-state index in [0.717, 1.165) is 51.2 Å². The van der Waals surface area contributed by atoms with Gasteiger partial charge in [0.05, 0.1) is 17.2 Å². The van der Waals surface area contributed by atoms with E-state index in [1.54, 1.807) is 11.9 Å². The van der Waals surface area contributed by atoms with E-state index in [2.05, 4.69) is 38.2 Å². The van der Waals surface area contributed by atoms with Crippen molar-refractivity contribution in [3.8, 4) is 16.9 Å². The van der Waals surface area contributed by atoms with Gasteiger partial charge in [-0.1, -0.05) is 23.7 Å². The van der Waals surface area contributed by atoms with Gasteiger partial charge >= 0.3 is 0 Å². The molecule has 0 radical (unpaired) electrons. The minimum absolute atomic E-state index is 0.0720. The van der Waals surface area contributed by atoms with Crippen LogP contribution in [0.4, 0.5) is 0 Å². The number of H-pyrrole nitrogens is 1. The quantitative estimate of drug-likeness (QED) is 0.248. The van der Waals surface area contributed by atoms with E-state index >= 15 is 0 Å². The number of carbonyl (C=O) groups is 1. The van der Waals surface area contributed by atoms with Gasteiger partial charge in [-0.3, -0.25) is 9.78 Å². The van der Waals surface area contributed by atoms with Crippen molar-refractivity contribution >= 4 is 40.7 Å². The van der Waals surface area contributed by atoms with E-state index in [9.17, 15) is 4.79 Å². The lowest BCUT2D eigenvalue weighted by atomic mass is 10.1. The fraction of sp³-hybridized carbons (Fsp3) is 0.259. The molecule has 2 aromatic heterocycles. The Bertz CT molecular complexity index is 1310. The second-order valence-corrected chi connectivity index (χ2v) is 9.71. The molecule has 7 nitrogen and oxygen atoms in total. The van der Waals surface area contributed by atoms with Crippen LogP contribution in [0.1, 0.15) is 16.2 Å². The van der Waals surface area contributed by atoms with E-state index in [-0.39, 0.29) is 6.10 Å². The Labute approximate surface area is 220 Å². The SMILES string of the molecule is CN.Cc1cc(-c2ccc(OCC3CN(Sc4c(C=O)[nH]c5ccc(Cl)cc45)CCO3)cc2)ccn1. The van der Waals surface area contributed by atoms with Gasteiger partial charge in [-0.15, -0.1) is 0 Å². The average Bonchev–Trinajstić information content (AvgIpc) is 3.25. The van der Waals surface area contributed by atoms with E-state index < -0.39 is 0 Å². The van der Waals surface area contributed by atoms with Crippen LogP contribution in [0.25, 0.3) is 22.0 Å². The van der Waals surface area contributed by atoms with Crippen molar-refractivity contribution in [1.29, 1.82) is 0 Å². The number of morpholine rings is 1. The fourth-order valence-corrected chi connectivity index (χ4v) is 5.31. The summed E-state index contributed by atoms with van der Waals surface area (Å²) in [4.78, 5) is 19.9. The average molecular weight is 525 g/mol. The van der Waals surface area contributed by atoms with Gasteiger partial charge in [-0.05, 0) is 79.5 Å². The Kier molecular flexibility index (Phi) is 9.01. The lowest BCUT2D eigenvalue weighted by molar-refractivity contribution is -0.0224. The van der Waals surface area contributed by atoms with Crippen molar-refractivity contribution < 1.29 is 14.3 Å². The molecule has 1 aliphatic heterocycles. The van der Waals surface area contributed by atoms with Crippen LogP contribution in [-0.4, -0.2) is 60.0 Å². The largest absolute Gasteiger partial charge is 0.491 e. The van der Waals surface area contributed by atoms with Gasteiger partial charge in [0, 0.05) is 40.9 Å². The van der Waals surface area contributed by atoms with Crippen LogP contribution in [0.5, 0.6) is 5.75 Å². The van der Waals surface area contributed by atoms with E-state index in [0.29, 0.717) is 30.5 Å². The molecule has 1 fully saturated rings. The highest BCUT2D eigenvalue weighted by Crippen LogP contribution is 2.35. The number of halogens is 1. The Balaban J connectivity index is 0.00000148. The Morgan fingerprint density at radius 1 is 1.19 bits per heavy atom. The molecule has 1 saturated heterocycles. The van der Waals surface area contributed by atoms with Crippen LogP contribution in [0.2, 0.25) is 5.02 Å². The number of aromatic nitrogens is 2. The number of ether oxygens (including phenoxy) is 2. The minimum Gasteiger partial charge on any atom is -0.491 e. The van der Waals surface area contributed by atoms with Gasteiger partial charge < -0.3 is 20.2 Å². The third kappa shape index (κ3) is 6.27. The maximum atomic E-state index is 11.6. The zero-order chi connectivity index (χ0) is 25.5. The van der Waals surface area contributed by atoms with Crippen molar-refractivity contribution in [2.45, 2.75) is 17.9 Å². The molecular weight excluding hydrogens is 496 g/mol. The number of hydrogen-bond donors (Lipinski definition) is 2. The summed E-state index contributed by atoms with van der Waals surface area (Å²) in [5, 5.41) is 1.59. The number of carbonyl (C=O) groups excluding carboxylic acids is 1. The fourth-order valence-electron chi connectivity index (χ4n) is 4.00. The molecule has 9 heteroatoms. The number of hydrogen-bond acceptors (Lipinski definition) is 7. The molecule has 2 aromatic carbocycles. The lowest BCUT2D eigenvalue weighted by Gasteiger charge is -2.31. The molecule has 1 atom stereocenters. The van der Waals surface area contributed by atoms with Gasteiger partial charge in [0.25, 0.3) is 0 Å². The highest BCUT2D eigenvalue weighted by atomic mass is 35.5. The first-order valence-corrected chi connectivity index (χ1v) is 12.8. The molecule has 0 saturated carbocycles. The van der Waals surface area contributed by atoms with Crippen molar-refractivity contribution in [1.82, 2.24) is 14.3 Å². The maximum Gasteiger partial charge on any atom is 0.167 e. The predicted octanol–water partition coefficient (Wildman–Crippen LogP) is 5.37. The second-order valence-electron chi connectivity index (χ2n) is 8.17. The first kappa shape index (κ1) is 26.2. The van der Waals surface area contributed by atoms with Gasteiger partial charge in [0.1, 0.15) is 18.5 Å². The highest BCUT2D eigenvalue weighted by Gasteiger charge is 2.24. The molecule has 0 spiro atoms. The van der Waals surface area contributed by atoms with E-state index in [1.807, 2.05) is 49.5 Å². The number of rotatable bonds is 7. The summed E-state index contributed by atoms with van der Waals surface area (Å²) >= 11 is 7.75. The number of benzene rings is 2. The Hall–Kier alpha value is -2.88. The highest BCUT2D eigenvalue weighted by molar-refractivity contribution is 7.97. The molecular formula is C27H29ClN4O3S. The molecule has 1 aliphatic rings. The molecule has 3 heterocycles. The van der Waals surface area contributed by atoms with Gasteiger partial charge in [-0.2, -0.15) is 0 Å². The van der Waals surface area contributed by atoms with Crippen LogP contribution in [0.3, 0.4) is 0 Å². The molecule has 3 N–H and O–H groups in total. The maximum absolute atomic E-state index is 11.6. The normalized spacial score (nSPS) is 15.8. The molecule has 36 heavy (non-hydrogen) atoms. The summed E-state index contributed by atoms with van der Waals surface area (Å²) in [7, 11) is 1.50. The predicted molar refractivity (Wildman–Crippen MR) is 146 cm³/mol. The van der Waals surface area contributed by atoms with Gasteiger partial charge in [0.15, 0.2) is 6.29 Å². The smallest absolute Gasteiger partial charge is 0.167 e. The third-order valence-electron chi connectivity index (χ3n) is 5.70. The number of aldehydes is 1. The van der Waals surface area contributed by atoms with Crippen molar-refractivity contribution in [3.63, 3.8) is 0 Å². The van der Waals surface area contributed by atoms with Crippen molar-refractivity contribution in [2.24, 2.45) is 5.73 Å². The topological polar surface area (TPSA) is 93.5 Å². The summed E-state index contributed by atoms with van der Waals surface area (Å²) in [6.45, 7) is 4.48. The Morgan fingerprint density at radius 3 is 2.75 bits per heavy atom. The van der Waals surface area contributed by atoms with E-state index in [1.165, 1.54) is 7.05 Å². The molecule has 4 aromatic rings.